The second kappa shape index (κ2) is 25.4. The molecule has 16 nitrogen and oxygen atoms in total. The molecule has 3 fully saturated rings. The van der Waals surface area contributed by atoms with Crippen LogP contribution in [0, 0.1) is 5.92 Å². The minimum Gasteiger partial charge on any atom is -0.394 e. The quantitative estimate of drug-likeness (QED) is 0.0625. The van der Waals surface area contributed by atoms with Crippen LogP contribution in [0.1, 0.15) is 48.1 Å². The predicted molar refractivity (Wildman–Crippen MR) is 260 cm³/mol. The van der Waals surface area contributed by atoms with Gasteiger partial charge in [-0.25, -0.2) is 0 Å². The zero-order valence-electron chi connectivity index (χ0n) is 41.6. The van der Waals surface area contributed by atoms with Gasteiger partial charge in [0, 0.05) is 22.6 Å². The number of ether oxygens (including phenoxy) is 5. The van der Waals surface area contributed by atoms with Crippen LogP contribution in [-0.4, -0.2) is 154 Å². The third-order valence-corrected chi connectivity index (χ3v) is 13.7. The number of hydrogen-bond donors (Lipinski definition) is 11. The Hall–Kier alpha value is -4.96. The highest BCUT2D eigenvalue weighted by molar-refractivity contribution is 5.27. The number of halogens is 6. The lowest BCUT2D eigenvalue weighted by molar-refractivity contribution is -0.419. The maximum Gasteiger partial charge on any atom is 0.328 e. The number of aliphatic hydroxyl groups is 11. The topological polar surface area (TPSA) is 269 Å². The molecule has 0 bridgehead atoms. The first-order valence-corrected chi connectivity index (χ1v) is 24.5. The lowest BCUT2D eigenvalue weighted by Crippen LogP contribution is -2.70. The highest BCUT2D eigenvalue weighted by Gasteiger charge is 2.70. The minimum atomic E-state index is -4.08. The molecular formula is C55H64F6O16. The Morgan fingerprint density at radius 3 is 1.27 bits per heavy atom. The van der Waals surface area contributed by atoms with Gasteiger partial charge in [0.05, 0.1) is 38.6 Å². The molecule has 0 aromatic heterocycles. The van der Waals surface area contributed by atoms with Crippen molar-refractivity contribution in [3.8, 4) is 0 Å². The van der Waals surface area contributed by atoms with Gasteiger partial charge in [0.15, 0.2) is 0 Å². The smallest absolute Gasteiger partial charge is 0.328 e. The van der Waals surface area contributed by atoms with Crippen LogP contribution in [0.15, 0.2) is 152 Å². The minimum absolute atomic E-state index is 0.0246. The third-order valence-electron chi connectivity index (χ3n) is 13.7. The largest absolute Gasteiger partial charge is 0.394 e. The van der Waals surface area contributed by atoms with Crippen molar-refractivity contribution in [2.45, 2.75) is 136 Å². The summed E-state index contributed by atoms with van der Waals surface area (Å²) in [7, 11) is 0. The van der Waals surface area contributed by atoms with Gasteiger partial charge in [0.1, 0.15) is 54.9 Å². The number of hydrogen-bond acceptors (Lipinski definition) is 16. The van der Waals surface area contributed by atoms with Gasteiger partial charge in [0.2, 0.25) is 0 Å². The van der Waals surface area contributed by atoms with E-state index in [0.717, 1.165) is 35.4 Å². The standard InChI is InChI=1S/C29H32F2O4.2C13H16F2O6/c1-3-25-21(2)26(33-19-22-13-7-4-8-14-22)27(34-20-23-15-9-5-10-16-23)29(32,35-25)28(30,31)24-17-11-6-12-18-24;14-12(15,7-4-2-1-3-5-7)13(20)11(19)9(18)10(21-13)8(17)6-16;14-12(15,7-4-2-1-3-5-7)13(20)11(19)10(18)9(17)8(6-16)21-13/h4-18,21,25-27,32H,3,19-20H2,1-2H3;2*1-5,8-11,16-20H,6H2/t21-,25-,26+,27-,29-;8-,9-,10?,11+,13?;8-,9-,10+,11-,13-/m101/s1. The normalized spacial score (nSPS) is 32.0. The third kappa shape index (κ3) is 12.4. The molecule has 0 aliphatic carbocycles. The Bertz CT molecular complexity index is 2550. The van der Waals surface area contributed by atoms with Crippen molar-refractivity contribution in [2.75, 3.05) is 13.2 Å². The summed E-state index contributed by atoms with van der Waals surface area (Å²) < 4.78 is 117. The van der Waals surface area contributed by atoms with Gasteiger partial charge in [-0.1, -0.05) is 166 Å². The molecule has 8 rings (SSSR count). The van der Waals surface area contributed by atoms with E-state index in [4.69, 9.17) is 24.4 Å². The SMILES string of the molecule is CC[C@H]1O[C@@](O)(C(F)(F)c2ccccc2)[C@H](OCc2ccccc2)[C@@H](OCc2ccccc2)[C@@H]1C.OC[C@H](O)C1OC(O)(C(F)(F)c2ccccc2)[C@H](O)[C@H]1O.OC[C@H]1O[C@@](O)(C(F)(F)c2ccccc2)[C@H](O)[C@@H](O)[C@@H]1O. The number of alkyl halides is 6. The fraction of sp³-hybridized carbons (Fsp3) is 0.455. The first kappa shape index (κ1) is 61.3. The molecule has 3 heterocycles. The first-order chi connectivity index (χ1) is 36.4. The van der Waals surface area contributed by atoms with E-state index in [2.05, 4.69) is 9.47 Å². The van der Waals surface area contributed by atoms with Gasteiger partial charge in [-0.15, -0.1) is 0 Å². The number of aliphatic hydroxyl groups excluding tert-OH is 8. The highest BCUT2D eigenvalue weighted by Crippen LogP contribution is 2.51. The summed E-state index contributed by atoms with van der Waals surface area (Å²) in [6.07, 6.45) is -18.3. The van der Waals surface area contributed by atoms with Crippen LogP contribution < -0.4 is 0 Å². The van der Waals surface area contributed by atoms with Crippen LogP contribution in [0.4, 0.5) is 26.3 Å². The molecule has 0 spiro atoms. The Balaban J connectivity index is 0.000000198. The van der Waals surface area contributed by atoms with Crippen LogP contribution in [0.2, 0.25) is 0 Å². The van der Waals surface area contributed by atoms with Crippen LogP contribution in [-0.2, 0) is 54.7 Å². The fourth-order valence-corrected chi connectivity index (χ4v) is 9.20. The molecule has 2 unspecified atom stereocenters. The average Bonchev–Trinajstić information content (AvgIpc) is 3.72. The van der Waals surface area contributed by atoms with Crippen molar-refractivity contribution in [3.63, 3.8) is 0 Å². The van der Waals surface area contributed by atoms with Gasteiger partial charge in [-0.3, -0.25) is 0 Å². The summed E-state index contributed by atoms with van der Waals surface area (Å²) in [5.41, 5.74) is 0.0797. The van der Waals surface area contributed by atoms with E-state index in [1.54, 1.807) is 6.07 Å². The Morgan fingerprint density at radius 1 is 0.506 bits per heavy atom. The van der Waals surface area contributed by atoms with Crippen molar-refractivity contribution in [2.24, 2.45) is 5.92 Å². The summed E-state index contributed by atoms with van der Waals surface area (Å²) in [5.74, 6) is -22.0. The molecule has 11 N–H and O–H groups in total. The second-order valence-electron chi connectivity index (χ2n) is 18.8. The lowest BCUT2D eigenvalue weighted by atomic mass is 9.81. The van der Waals surface area contributed by atoms with E-state index in [1.165, 1.54) is 60.7 Å². The summed E-state index contributed by atoms with van der Waals surface area (Å²) in [6, 6.07) is 38.3. The van der Waals surface area contributed by atoms with E-state index in [0.29, 0.717) is 6.42 Å². The van der Waals surface area contributed by atoms with Gasteiger partial charge in [-0.05, 0) is 17.5 Å². The van der Waals surface area contributed by atoms with Crippen molar-refractivity contribution in [3.05, 3.63) is 179 Å². The molecule has 422 valence electrons. The Morgan fingerprint density at radius 2 is 0.870 bits per heavy atom. The molecule has 0 radical (unpaired) electrons. The molecule has 5 aromatic carbocycles. The van der Waals surface area contributed by atoms with Gasteiger partial charge < -0.3 is 79.9 Å². The van der Waals surface area contributed by atoms with Gasteiger partial charge >= 0.3 is 17.8 Å². The summed E-state index contributed by atoms with van der Waals surface area (Å²) in [5, 5.41) is 107. The van der Waals surface area contributed by atoms with Crippen LogP contribution in [0.5, 0.6) is 0 Å². The predicted octanol–water partition coefficient (Wildman–Crippen LogP) is 3.96. The summed E-state index contributed by atoms with van der Waals surface area (Å²) >= 11 is 0. The molecule has 15 atom stereocenters. The Labute approximate surface area is 439 Å². The second-order valence-corrected chi connectivity index (χ2v) is 18.8. The van der Waals surface area contributed by atoms with Crippen molar-refractivity contribution < 1.29 is 106 Å². The monoisotopic (exact) mass is 1090 g/mol. The molecule has 0 amide bonds. The fourth-order valence-electron chi connectivity index (χ4n) is 9.20. The number of benzene rings is 5. The average molecular weight is 1100 g/mol. The van der Waals surface area contributed by atoms with Gasteiger partial charge in [-0.2, -0.15) is 26.3 Å². The van der Waals surface area contributed by atoms with Crippen LogP contribution in [0.25, 0.3) is 0 Å². The van der Waals surface area contributed by atoms with E-state index < -0.39 is 127 Å². The molecule has 3 saturated heterocycles. The summed E-state index contributed by atoms with van der Waals surface area (Å²) in [6.45, 7) is 2.16. The molecule has 22 heteroatoms. The molecule has 77 heavy (non-hydrogen) atoms. The zero-order chi connectivity index (χ0) is 56.6. The highest BCUT2D eigenvalue weighted by atomic mass is 19.3. The maximum atomic E-state index is 16.1. The van der Waals surface area contributed by atoms with E-state index in [9.17, 15) is 63.5 Å². The van der Waals surface area contributed by atoms with E-state index in [1.807, 2.05) is 74.5 Å². The molecule has 3 aliphatic heterocycles. The molecule has 3 aliphatic rings. The van der Waals surface area contributed by atoms with Crippen LogP contribution >= 0.6 is 0 Å². The molecule has 0 saturated carbocycles. The number of rotatable bonds is 16. The Kier molecular flexibility index (Phi) is 20.2. The first-order valence-electron chi connectivity index (χ1n) is 24.5. The summed E-state index contributed by atoms with van der Waals surface area (Å²) in [4.78, 5) is 0. The van der Waals surface area contributed by atoms with Crippen molar-refractivity contribution in [1.82, 2.24) is 0 Å². The zero-order valence-corrected chi connectivity index (χ0v) is 41.6. The van der Waals surface area contributed by atoms with E-state index >= 15 is 8.78 Å². The molecular weight excluding hydrogens is 1030 g/mol. The van der Waals surface area contributed by atoms with Crippen molar-refractivity contribution >= 4 is 0 Å². The van der Waals surface area contributed by atoms with E-state index in [-0.39, 0.29) is 24.7 Å². The van der Waals surface area contributed by atoms with Crippen molar-refractivity contribution in [1.29, 1.82) is 0 Å². The molecule has 5 aromatic rings. The van der Waals surface area contributed by atoms with Crippen LogP contribution in [0.3, 0.4) is 0 Å². The lowest BCUT2D eigenvalue weighted by Gasteiger charge is -2.52. The maximum absolute atomic E-state index is 16.1. The van der Waals surface area contributed by atoms with Gasteiger partial charge in [0.25, 0.3) is 17.4 Å².